The zero-order chi connectivity index (χ0) is 24.2. The van der Waals surface area contributed by atoms with E-state index >= 15 is 0 Å². The standard InChI is InChI=1S/C27H24ClNO5/c1-3-14-34-20-11-7-10-19(16-20)29-24(17-8-5-4-6-9-17)23(26(31)27(29)32)25(30)18-12-13-22(33-2)21(28)15-18/h4-13,15-16,24,30H,3,14H2,1-2H3/b25-23+. The number of Topliss-reactive ketones (excluding diaryl/α,β-unsaturated/α-hetero) is 1. The molecule has 0 aliphatic carbocycles. The van der Waals surface area contributed by atoms with E-state index in [1.165, 1.54) is 18.1 Å². The number of benzene rings is 3. The number of hydrogen-bond donors (Lipinski definition) is 1. The van der Waals surface area contributed by atoms with Crippen molar-refractivity contribution in [2.24, 2.45) is 0 Å². The number of hydrogen-bond acceptors (Lipinski definition) is 5. The number of amides is 1. The Bertz CT molecular complexity index is 1250. The van der Waals surface area contributed by atoms with Gasteiger partial charge in [-0.25, -0.2) is 0 Å². The molecule has 1 aliphatic heterocycles. The zero-order valence-electron chi connectivity index (χ0n) is 18.8. The van der Waals surface area contributed by atoms with Crippen LogP contribution in [0.25, 0.3) is 5.76 Å². The summed E-state index contributed by atoms with van der Waals surface area (Å²) in [5.41, 5.74) is 1.47. The van der Waals surface area contributed by atoms with Crippen LogP contribution in [0, 0.1) is 0 Å². The summed E-state index contributed by atoms with van der Waals surface area (Å²) in [6, 6.07) is 20.0. The van der Waals surface area contributed by atoms with E-state index in [-0.39, 0.29) is 16.4 Å². The van der Waals surface area contributed by atoms with E-state index < -0.39 is 17.7 Å². The van der Waals surface area contributed by atoms with Crippen LogP contribution in [0.5, 0.6) is 11.5 Å². The van der Waals surface area contributed by atoms with Gasteiger partial charge in [0.25, 0.3) is 11.7 Å². The van der Waals surface area contributed by atoms with Crippen LogP contribution in [0.1, 0.15) is 30.5 Å². The van der Waals surface area contributed by atoms with Crippen LogP contribution in [0.3, 0.4) is 0 Å². The molecule has 1 amide bonds. The molecular weight excluding hydrogens is 454 g/mol. The molecule has 1 N–H and O–H groups in total. The van der Waals surface area contributed by atoms with Gasteiger partial charge in [0.2, 0.25) is 0 Å². The maximum absolute atomic E-state index is 13.3. The fourth-order valence-electron chi connectivity index (χ4n) is 3.96. The molecule has 3 aromatic carbocycles. The third-order valence-corrected chi connectivity index (χ3v) is 5.85. The van der Waals surface area contributed by atoms with Gasteiger partial charge in [0.1, 0.15) is 17.3 Å². The van der Waals surface area contributed by atoms with Gasteiger partial charge in [0, 0.05) is 17.3 Å². The number of aliphatic hydroxyl groups excluding tert-OH is 1. The molecule has 3 aromatic rings. The van der Waals surface area contributed by atoms with E-state index in [9.17, 15) is 14.7 Å². The minimum absolute atomic E-state index is 0.0164. The maximum atomic E-state index is 13.3. The first-order valence-corrected chi connectivity index (χ1v) is 11.3. The van der Waals surface area contributed by atoms with Crippen molar-refractivity contribution in [3.05, 3.63) is 94.5 Å². The van der Waals surface area contributed by atoms with Crippen molar-refractivity contribution in [3.63, 3.8) is 0 Å². The lowest BCUT2D eigenvalue weighted by atomic mass is 9.95. The average Bonchev–Trinajstić information content (AvgIpc) is 3.13. The third kappa shape index (κ3) is 4.37. The first-order chi connectivity index (χ1) is 16.5. The van der Waals surface area contributed by atoms with E-state index in [2.05, 4.69) is 0 Å². The summed E-state index contributed by atoms with van der Waals surface area (Å²) in [6.07, 6.45) is 0.836. The van der Waals surface area contributed by atoms with Gasteiger partial charge in [-0.15, -0.1) is 0 Å². The number of ether oxygens (including phenoxy) is 2. The first-order valence-electron chi connectivity index (χ1n) is 10.9. The second-order valence-electron chi connectivity index (χ2n) is 7.77. The molecule has 0 aromatic heterocycles. The van der Waals surface area contributed by atoms with E-state index in [0.717, 1.165) is 6.42 Å². The number of ketones is 1. The second kappa shape index (κ2) is 10.0. The first kappa shape index (κ1) is 23.4. The summed E-state index contributed by atoms with van der Waals surface area (Å²) in [5.74, 6) is -0.796. The Labute approximate surface area is 203 Å². The number of carbonyl (C=O) groups excluding carboxylic acids is 2. The van der Waals surface area contributed by atoms with Gasteiger partial charge in [0.05, 0.1) is 30.4 Å². The quantitative estimate of drug-likeness (QED) is 0.266. The molecule has 174 valence electrons. The molecule has 0 bridgehead atoms. The van der Waals surface area contributed by atoms with Crippen LogP contribution in [-0.4, -0.2) is 30.5 Å². The largest absolute Gasteiger partial charge is 0.507 e. The van der Waals surface area contributed by atoms with Gasteiger partial charge in [0.15, 0.2) is 0 Å². The second-order valence-corrected chi connectivity index (χ2v) is 8.18. The monoisotopic (exact) mass is 477 g/mol. The van der Waals surface area contributed by atoms with Gasteiger partial charge >= 0.3 is 0 Å². The Morgan fingerprint density at radius 2 is 1.79 bits per heavy atom. The Balaban J connectivity index is 1.88. The van der Waals surface area contributed by atoms with Crippen molar-refractivity contribution in [2.45, 2.75) is 19.4 Å². The molecule has 1 heterocycles. The van der Waals surface area contributed by atoms with Crippen LogP contribution in [0.15, 0.2) is 78.4 Å². The highest BCUT2D eigenvalue weighted by molar-refractivity contribution is 6.51. The molecule has 0 saturated carbocycles. The normalized spacial score (nSPS) is 17.1. The molecule has 7 heteroatoms. The summed E-state index contributed by atoms with van der Waals surface area (Å²) >= 11 is 6.25. The highest BCUT2D eigenvalue weighted by Gasteiger charge is 2.47. The van der Waals surface area contributed by atoms with Crippen molar-refractivity contribution in [1.29, 1.82) is 0 Å². The van der Waals surface area contributed by atoms with Gasteiger partial charge in [-0.05, 0) is 42.3 Å². The van der Waals surface area contributed by atoms with Gasteiger partial charge in [-0.2, -0.15) is 0 Å². The van der Waals surface area contributed by atoms with Gasteiger partial charge in [-0.3, -0.25) is 14.5 Å². The molecule has 1 unspecified atom stereocenters. The Kier molecular flexibility index (Phi) is 6.89. The van der Waals surface area contributed by atoms with Crippen molar-refractivity contribution in [3.8, 4) is 11.5 Å². The summed E-state index contributed by atoms with van der Waals surface area (Å²) < 4.78 is 10.9. The minimum Gasteiger partial charge on any atom is -0.507 e. The summed E-state index contributed by atoms with van der Waals surface area (Å²) in [6.45, 7) is 2.53. The summed E-state index contributed by atoms with van der Waals surface area (Å²) in [7, 11) is 1.49. The highest BCUT2D eigenvalue weighted by atomic mass is 35.5. The number of nitrogens with zero attached hydrogens (tertiary/aromatic N) is 1. The molecular formula is C27H24ClNO5. The van der Waals surface area contributed by atoms with Crippen LogP contribution in [0.4, 0.5) is 5.69 Å². The van der Waals surface area contributed by atoms with E-state index in [4.69, 9.17) is 21.1 Å². The minimum atomic E-state index is -0.830. The maximum Gasteiger partial charge on any atom is 0.300 e. The lowest BCUT2D eigenvalue weighted by Gasteiger charge is -2.25. The number of halogens is 1. The Morgan fingerprint density at radius 3 is 2.47 bits per heavy atom. The van der Waals surface area contributed by atoms with Crippen LogP contribution in [-0.2, 0) is 9.59 Å². The topological polar surface area (TPSA) is 76.1 Å². The number of aliphatic hydroxyl groups is 1. The van der Waals surface area contributed by atoms with Crippen LogP contribution in [0.2, 0.25) is 5.02 Å². The molecule has 0 radical (unpaired) electrons. The van der Waals surface area contributed by atoms with E-state index in [1.807, 2.05) is 37.3 Å². The molecule has 1 atom stereocenters. The zero-order valence-corrected chi connectivity index (χ0v) is 19.6. The van der Waals surface area contributed by atoms with Crippen LogP contribution >= 0.6 is 11.6 Å². The van der Waals surface area contributed by atoms with Gasteiger partial charge < -0.3 is 14.6 Å². The predicted octanol–water partition coefficient (Wildman–Crippen LogP) is 5.76. The predicted molar refractivity (Wildman–Crippen MR) is 131 cm³/mol. The highest BCUT2D eigenvalue weighted by Crippen LogP contribution is 2.43. The molecule has 6 nitrogen and oxygen atoms in total. The van der Waals surface area contributed by atoms with Crippen LogP contribution < -0.4 is 14.4 Å². The molecule has 1 saturated heterocycles. The fourth-order valence-corrected chi connectivity index (χ4v) is 4.22. The number of methoxy groups -OCH3 is 1. The number of anilines is 1. The molecule has 34 heavy (non-hydrogen) atoms. The molecule has 1 aliphatic rings. The third-order valence-electron chi connectivity index (χ3n) is 5.55. The lowest BCUT2D eigenvalue weighted by Crippen LogP contribution is -2.29. The van der Waals surface area contributed by atoms with E-state index in [1.54, 1.807) is 36.4 Å². The fraction of sp³-hybridized carbons (Fsp3) is 0.185. The van der Waals surface area contributed by atoms with E-state index in [0.29, 0.717) is 34.9 Å². The summed E-state index contributed by atoms with van der Waals surface area (Å²) in [5, 5.41) is 11.5. The molecule has 4 rings (SSSR count). The number of carbonyl (C=O) groups is 2. The van der Waals surface area contributed by atoms with Crippen molar-refractivity contribution >= 4 is 34.7 Å². The van der Waals surface area contributed by atoms with Gasteiger partial charge in [-0.1, -0.05) is 54.9 Å². The Hall–Kier alpha value is -3.77. The van der Waals surface area contributed by atoms with Crippen molar-refractivity contribution < 1.29 is 24.2 Å². The SMILES string of the molecule is CCCOc1cccc(N2C(=O)C(=O)/C(=C(/O)c3ccc(OC)c(Cl)c3)C2c2ccccc2)c1. The summed E-state index contributed by atoms with van der Waals surface area (Å²) in [4.78, 5) is 27.9. The molecule has 1 fully saturated rings. The van der Waals surface area contributed by atoms with Crippen molar-refractivity contribution in [1.82, 2.24) is 0 Å². The smallest absolute Gasteiger partial charge is 0.300 e. The average molecular weight is 478 g/mol. The number of rotatable bonds is 7. The van der Waals surface area contributed by atoms with Crippen molar-refractivity contribution in [2.75, 3.05) is 18.6 Å². The Morgan fingerprint density at radius 1 is 1.03 bits per heavy atom. The lowest BCUT2D eigenvalue weighted by molar-refractivity contribution is -0.132. The molecule has 0 spiro atoms.